The molecule has 1 aromatic carbocycles. The summed E-state index contributed by atoms with van der Waals surface area (Å²) in [6.45, 7) is 1.76. The predicted molar refractivity (Wildman–Crippen MR) is 86.6 cm³/mol. The fraction of sp³-hybridized carbons (Fsp3) is 0.0833. The highest BCUT2D eigenvalue weighted by molar-refractivity contribution is 14.1. The Morgan fingerprint density at radius 1 is 1.37 bits per heavy atom. The Kier molecular flexibility index (Phi) is 4.75. The van der Waals surface area contributed by atoms with E-state index in [0.29, 0.717) is 11.4 Å². The zero-order valence-corrected chi connectivity index (χ0v) is 14.2. The summed E-state index contributed by atoms with van der Waals surface area (Å²) in [5.74, 6) is -0.325. The molecule has 0 atom stereocenters. The first-order chi connectivity index (χ1) is 8.95. The van der Waals surface area contributed by atoms with Gasteiger partial charge in [-0.2, -0.15) is 0 Å². The number of aromatic nitrogens is 2. The van der Waals surface area contributed by atoms with Gasteiger partial charge in [0.25, 0.3) is 5.91 Å². The molecule has 98 valence electrons. The second-order valence-corrected chi connectivity index (χ2v) is 6.18. The number of benzene rings is 1. The highest BCUT2D eigenvalue weighted by Gasteiger charge is 2.11. The molecule has 0 aliphatic rings. The predicted octanol–water partition coefficient (Wildman–Crippen LogP) is 4.06. The normalized spacial score (nSPS) is 10.3. The zero-order valence-electron chi connectivity index (χ0n) is 9.75. The molecule has 0 fully saturated rings. The molecular formula is C12H8BrClIN3O. The Morgan fingerprint density at radius 2 is 2.11 bits per heavy atom. The quantitative estimate of drug-likeness (QED) is 0.553. The Labute approximate surface area is 137 Å². The van der Waals surface area contributed by atoms with Crippen molar-refractivity contribution in [1.82, 2.24) is 9.97 Å². The van der Waals surface area contributed by atoms with Crippen LogP contribution in [-0.4, -0.2) is 15.9 Å². The molecule has 0 saturated carbocycles. The molecule has 4 nitrogen and oxygen atoms in total. The lowest BCUT2D eigenvalue weighted by atomic mass is 10.3. The van der Waals surface area contributed by atoms with Crippen LogP contribution < -0.4 is 5.32 Å². The summed E-state index contributed by atoms with van der Waals surface area (Å²) in [6.07, 6.45) is 0. The van der Waals surface area contributed by atoms with Crippen molar-refractivity contribution in [2.75, 3.05) is 5.32 Å². The smallest absolute Gasteiger partial charge is 0.274 e. The van der Waals surface area contributed by atoms with E-state index in [9.17, 15) is 4.79 Å². The van der Waals surface area contributed by atoms with Crippen LogP contribution in [0.5, 0.6) is 0 Å². The lowest BCUT2D eigenvalue weighted by Crippen LogP contribution is -2.15. The van der Waals surface area contributed by atoms with Crippen LogP contribution in [0.3, 0.4) is 0 Å². The summed E-state index contributed by atoms with van der Waals surface area (Å²) in [7, 11) is 0. The average molecular weight is 452 g/mol. The Balaban J connectivity index is 2.25. The van der Waals surface area contributed by atoms with Crippen LogP contribution in [0, 0.1) is 10.5 Å². The molecule has 7 heteroatoms. The Bertz CT molecular complexity index is 631. The summed E-state index contributed by atoms with van der Waals surface area (Å²) in [5.41, 5.74) is 1.56. The third-order valence-electron chi connectivity index (χ3n) is 2.24. The van der Waals surface area contributed by atoms with Gasteiger partial charge in [0.1, 0.15) is 5.69 Å². The number of nitrogens with zero attached hydrogens (tertiary/aromatic N) is 2. The van der Waals surface area contributed by atoms with Crippen molar-refractivity contribution in [3.05, 3.63) is 49.0 Å². The van der Waals surface area contributed by atoms with Crippen molar-refractivity contribution >= 4 is 61.7 Å². The number of aryl methyl sites for hydroxylation is 1. The number of carbonyl (C=O) groups is 1. The highest BCUT2D eigenvalue weighted by Crippen LogP contribution is 2.24. The lowest BCUT2D eigenvalue weighted by Gasteiger charge is -2.07. The third-order valence-corrected chi connectivity index (χ3v) is 3.74. The van der Waals surface area contributed by atoms with Crippen LogP contribution >= 0.6 is 50.1 Å². The second kappa shape index (κ2) is 6.15. The van der Waals surface area contributed by atoms with Gasteiger partial charge < -0.3 is 5.32 Å². The molecule has 0 unspecified atom stereocenters. The van der Waals surface area contributed by atoms with Gasteiger partial charge >= 0.3 is 0 Å². The highest BCUT2D eigenvalue weighted by atomic mass is 127. The van der Waals surface area contributed by atoms with Crippen LogP contribution in [0.1, 0.15) is 16.2 Å². The fourth-order valence-corrected chi connectivity index (χ4v) is 3.05. The van der Waals surface area contributed by atoms with Crippen LogP contribution in [0.25, 0.3) is 0 Å². The summed E-state index contributed by atoms with van der Waals surface area (Å²) in [5, 5.41) is 2.83. The van der Waals surface area contributed by atoms with Gasteiger partial charge in [-0.05, 0) is 81.3 Å². The van der Waals surface area contributed by atoms with E-state index in [0.717, 1.165) is 8.04 Å². The molecule has 2 rings (SSSR count). The molecule has 0 bridgehead atoms. The largest absolute Gasteiger partial charge is 0.320 e. The number of anilines is 1. The first-order valence-electron chi connectivity index (χ1n) is 5.23. The third kappa shape index (κ3) is 3.87. The van der Waals surface area contributed by atoms with Crippen molar-refractivity contribution < 1.29 is 4.79 Å². The van der Waals surface area contributed by atoms with Crippen molar-refractivity contribution in [3.8, 4) is 0 Å². The first-order valence-corrected chi connectivity index (χ1v) is 7.48. The van der Waals surface area contributed by atoms with Gasteiger partial charge in [-0.15, -0.1) is 0 Å². The minimum atomic E-state index is -0.325. The van der Waals surface area contributed by atoms with Crippen LogP contribution in [0.15, 0.2) is 28.7 Å². The van der Waals surface area contributed by atoms with E-state index in [1.807, 2.05) is 18.2 Å². The maximum atomic E-state index is 12.1. The number of hydrogen-bond acceptors (Lipinski definition) is 3. The van der Waals surface area contributed by atoms with Crippen LogP contribution in [-0.2, 0) is 0 Å². The molecule has 1 aromatic heterocycles. The second-order valence-electron chi connectivity index (χ2n) is 3.74. The van der Waals surface area contributed by atoms with Gasteiger partial charge in [0.05, 0.1) is 5.69 Å². The molecule has 1 amide bonds. The molecular weight excluding hydrogens is 444 g/mol. The van der Waals surface area contributed by atoms with Gasteiger partial charge in [-0.25, -0.2) is 9.97 Å². The van der Waals surface area contributed by atoms with Gasteiger partial charge in [0.2, 0.25) is 5.28 Å². The molecule has 0 spiro atoms. The lowest BCUT2D eigenvalue weighted by molar-refractivity contribution is 0.102. The maximum absolute atomic E-state index is 12.1. The summed E-state index contributed by atoms with van der Waals surface area (Å²) < 4.78 is 1.88. The van der Waals surface area contributed by atoms with E-state index < -0.39 is 0 Å². The Hall–Kier alpha value is -0.730. The van der Waals surface area contributed by atoms with Crippen molar-refractivity contribution in [1.29, 1.82) is 0 Å². The molecule has 19 heavy (non-hydrogen) atoms. The van der Waals surface area contributed by atoms with Gasteiger partial charge in [0, 0.05) is 13.7 Å². The molecule has 0 radical (unpaired) electrons. The molecule has 0 saturated heterocycles. The summed E-state index contributed by atoms with van der Waals surface area (Å²) >= 11 is 11.3. The van der Waals surface area contributed by atoms with E-state index >= 15 is 0 Å². The first kappa shape index (κ1) is 14.7. The van der Waals surface area contributed by atoms with Crippen molar-refractivity contribution in [2.24, 2.45) is 0 Å². The number of halogens is 3. The molecule has 2 aromatic rings. The minimum absolute atomic E-state index is 0.0619. The van der Waals surface area contributed by atoms with Gasteiger partial charge in [-0.3, -0.25) is 4.79 Å². The van der Waals surface area contributed by atoms with Crippen LogP contribution in [0.2, 0.25) is 5.28 Å². The van der Waals surface area contributed by atoms with Crippen LogP contribution in [0.4, 0.5) is 5.69 Å². The van der Waals surface area contributed by atoms with Crippen molar-refractivity contribution in [3.63, 3.8) is 0 Å². The van der Waals surface area contributed by atoms with E-state index in [-0.39, 0.29) is 16.9 Å². The topological polar surface area (TPSA) is 54.9 Å². The molecule has 1 N–H and O–H groups in total. The van der Waals surface area contributed by atoms with E-state index in [1.54, 1.807) is 13.0 Å². The van der Waals surface area contributed by atoms with Crippen molar-refractivity contribution in [2.45, 2.75) is 6.92 Å². The van der Waals surface area contributed by atoms with Gasteiger partial charge in [-0.1, -0.05) is 0 Å². The SMILES string of the molecule is Cc1cc(C(=O)Nc2ccc(I)cc2Br)nc(Cl)n1. The average Bonchev–Trinajstić information content (AvgIpc) is 2.31. The monoisotopic (exact) mass is 451 g/mol. The molecule has 0 aliphatic heterocycles. The number of amides is 1. The summed E-state index contributed by atoms with van der Waals surface area (Å²) in [6, 6.07) is 7.22. The van der Waals surface area contributed by atoms with E-state index in [1.165, 1.54) is 0 Å². The fourth-order valence-electron chi connectivity index (χ4n) is 1.43. The van der Waals surface area contributed by atoms with E-state index in [2.05, 4.69) is 53.8 Å². The number of hydrogen-bond donors (Lipinski definition) is 1. The Morgan fingerprint density at radius 3 is 2.74 bits per heavy atom. The number of carbonyl (C=O) groups excluding carboxylic acids is 1. The molecule has 0 aliphatic carbocycles. The minimum Gasteiger partial charge on any atom is -0.320 e. The van der Waals surface area contributed by atoms with E-state index in [4.69, 9.17) is 11.6 Å². The zero-order chi connectivity index (χ0) is 14.0. The maximum Gasteiger partial charge on any atom is 0.274 e. The van der Waals surface area contributed by atoms with Gasteiger partial charge in [0.15, 0.2) is 0 Å². The number of rotatable bonds is 2. The number of nitrogens with one attached hydrogen (secondary N) is 1. The summed E-state index contributed by atoms with van der Waals surface area (Å²) in [4.78, 5) is 19.9. The standard InChI is InChI=1S/C12H8BrClIN3O/c1-6-4-10(18-12(14)16-6)11(19)17-9-3-2-7(15)5-8(9)13/h2-5H,1H3,(H,17,19). The molecule has 1 heterocycles.